The standard InChI is InChI=1S/C48H62F3N9O8S/c1-31-42(69-30-55-31)33-13-11-32(12-14-33)25-53-44(63)40-24-35(61)26-60(40)46(64)36(47(2,3)4)9-8-18-66-20-22-67-21-19-65-17-7-6-10-37-38(27-59(5)58-37)56-43(62)39-28-68-45(57-39)34-15-16-52-41(23-34)54-29-48(49,50)51/h11-16,23,27-28,30,35-36,40,61H,6-10,17-22,24-26,29H2,1-5H3,(H,52,54)(H,53,63)(H,56,62)/t35-,36-,40+/m1/s1. The van der Waals surface area contributed by atoms with Gasteiger partial charge in [-0.25, -0.2) is 15.0 Å². The van der Waals surface area contributed by atoms with Crippen molar-refractivity contribution in [3.63, 3.8) is 0 Å². The first-order valence-corrected chi connectivity index (χ1v) is 23.9. The van der Waals surface area contributed by atoms with Crippen LogP contribution in [-0.4, -0.2) is 124 Å². The van der Waals surface area contributed by atoms with Crippen LogP contribution in [0.2, 0.25) is 0 Å². The summed E-state index contributed by atoms with van der Waals surface area (Å²) in [5, 5.41) is 23.0. The van der Waals surface area contributed by atoms with Crippen LogP contribution >= 0.6 is 11.3 Å². The number of aryl methyl sites for hydroxylation is 3. The van der Waals surface area contributed by atoms with E-state index in [1.54, 1.807) is 34.2 Å². The zero-order chi connectivity index (χ0) is 49.6. The molecule has 1 saturated heterocycles. The van der Waals surface area contributed by atoms with E-state index < -0.39 is 30.8 Å². The maximum Gasteiger partial charge on any atom is 0.405 e. The molecular weight excluding hydrogens is 920 g/mol. The molecule has 1 fully saturated rings. The van der Waals surface area contributed by atoms with E-state index >= 15 is 0 Å². The van der Waals surface area contributed by atoms with Gasteiger partial charge < -0.3 is 44.6 Å². The molecule has 0 saturated carbocycles. The molecule has 1 aliphatic heterocycles. The number of hydrogen-bond acceptors (Lipinski definition) is 14. The van der Waals surface area contributed by atoms with Crippen LogP contribution in [-0.2, 0) is 43.8 Å². The molecule has 1 aromatic carbocycles. The summed E-state index contributed by atoms with van der Waals surface area (Å²) in [7, 11) is 1.75. The fourth-order valence-electron chi connectivity index (χ4n) is 7.89. The number of benzene rings is 1. The van der Waals surface area contributed by atoms with Crippen molar-refractivity contribution in [2.45, 2.75) is 91.1 Å². The van der Waals surface area contributed by atoms with Gasteiger partial charge in [0, 0.05) is 63.6 Å². The lowest BCUT2D eigenvalue weighted by atomic mass is 9.77. The number of unbranched alkanes of at least 4 members (excludes halogenated alkanes) is 1. The maximum atomic E-state index is 14.0. The summed E-state index contributed by atoms with van der Waals surface area (Å²) >= 11 is 1.58. The molecule has 69 heavy (non-hydrogen) atoms. The molecule has 3 atom stereocenters. The van der Waals surface area contributed by atoms with E-state index in [1.165, 1.54) is 24.6 Å². The predicted octanol–water partition coefficient (Wildman–Crippen LogP) is 7.22. The third kappa shape index (κ3) is 15.9. The SMILES string of the molecule is Cc1ncsc1-c1ccc(CNC(=O)[C@@H]2C[C@@H](O)CN2C(=O)[C@@H](CCCOCCOCCOCCCCc2nn(C)cc2NC(=O)c2coc(-c3ccnc(NCC(F)(F)F)c3)n2)C(C)(C)C)cc1. The summed E-state index contributed by atoms with van der Waals surface area (Å²) in [6, 6.07) is 10.1. The Morgan fingerprint density at radius 3 is 2.35 bits per heavy atom. The minimum absolute atomic E-state index is 0.0148. The van der Waals surface area contributed by atoms with E-state index in [2.05, 4.69) is 36.0 Å². The number of aromatic nitrogens is 5. The molecule has 17 nitrogen and oxygen atoms in total. The Kier molecular flexibility index (Phi) is 18.8. The number of aliphatic hydroxyl groups excluding tert-OH is 1. The van der Waals surface area contributed by atoms with Gasteiger partial charge in [-0.2, -0.15) is 18.3 Å². The van der Waals surface area contributed by atoms with Crippen LogP contribution in [0.5, 0.6) is 0 Å². The van der Waals surface area contributed by atoms with Crippen molar-refractivity contribution in [3.8, 4) is 21.9 Å². The van der Waals surface area contributed by atoms with Crippen LogP contribution in [0.4, 0.5) is 24.7 Å². The molecule has 21 heteroatoms. The second-order valence-electron chi connectivity index (χ2n) is 18.0. The minimum Gasteiger partial charge on any atom is -0.444 e. The van der Waals surface area contributed by atoms with Crippen molar-refractivity contribution in [2.24, 2.45) is 18.4 Å². The Labute approximate surface area is 403 Å². The first-order valence-electron chi connectivity index (χ1n) is 23.0. The van der Waals surface area contributed by atoms with Gasteiger partial charge in [0.05, 0.1) is 60.0 Å². The molecule has 5 heterocycles. The molecule has 0 aliphatic carbocycles. The fourth-order valence-corrected chi connectivity index (χ4v) is 8.70. The van der Waals surface area contributed by atoms with Gasteiger partial charge in [0.25, 0.3) is 5.91 Å². The van der Waals surface area contributed by atoms with Gasteiger partial charge in [-0.15, -0.1) is 11.3 Å². The van der Waals surface area contributed by atoms with Gasteiger partial charge in [0.2, 0.25) is 17.7 Å². The Balaban J connectivity index is 0.821. The molecule has 3 amide bonds. The lowest BCUT2D eigenvalue weighted by Gasteiger charge is -2.35. The number of halogens is 3. The summed E-state index contributed by atoms with van der Waals surface area (Å²) in [6.07, 6.45) is 2.47. The summed E-state index contributed by atoms with van der Waals surface area (Å²) in [5.74, 6) is -1.28. The molecule has 374 valence electrons. The number of oxazole rings is 1. The van der Waals surface area contributed by atoms with Gasteiger partial charge in [-0.05, 0) is 67.7 Å². The zero-order valence-electron chi connectivity index (χ0n) is 39.6. The van der Waals surface area contributed by atoms with Gasteiger partial charge in [-0.3, -0.25) is 19.1 Å². The number of likely N-dealkylation sites (tertiary alicyclic amines) is 1. The highest BCUT2D eigenvalue weighted by atomic mass is 32.1. The third-order valence-corrected chi connectivity index (χ3v) is 12.5. The Hall–Kier alpha value is -5.74. The van der Waals surface area contributed by atoms with E-state index in [-0.39, 0.29) is 53.5 Å². The fraction of sp³-hybridized carbons (Fsp3) is 0.521. The molecule has 0 bridgehead atoms. The number of carbonyl (C=O) groups excluding carboxylic acids is 3. The highest BCUT2D eigenvalue weighted by Gasteiger charge is 2.43. The first kappa shape index (κ1) is 52.6. The van der Waals surface area contributed by atoms with Crippen molar-refractivity contribution in [2.75, 3.05) is 63.4 Å². The molecule has 0 unspecified atom stereocenters. The number of anilines is 2. The van der Waals surface area contributed by atoms with Crippen LogP contribution in [0.1, 0.15) is 80.3 Å². The van der Waals surface area contributed by atoms with Crippen molar-refractivity contribution >= 4 is 40.6 Å². The molecule has 5 aromatic rings. The number of aliphatic hydroxyl groups is 1. The normalized spacial score (nSPS) is 15.6. The van der Waals surface area contributed by atoms with Crippen molar-refractivity contribution in [1.29, 1.82) is 0 Å². The smallest absolute Gasteiger partial charge is 0.405 e. The predicted molar refractivity (Wildman–Crippen MR) is 253 cm³/mol. The largest absolute Gasteiger partial charge is 0.444 e. The second-order valence-corrected chi connectivity index (χ2v) is 18.8. The van der Waals surface area contributed by atoms with Crippen LogP contribution in [0, 0.1) is 18.3 Å². The van der Waals surface area contributed by atoms with Gasteiger partial charge in [-0.1, -0.05) is 45.0 Å². The number of amides is 3. The first-order chi connectivity index (χ1) is 32.9. The second kappa shape index (κ2) is 24.7. The number of thiazole rings is 1. The lowest BCUT2D eigenvalue weighted by Crippen LogP contribution is -2.49. The van der Waals surface area contributed by atoms with Crippen molar-refractivity contribution < 1.29 is 51.3 Å². The lowest BCUT2D eigenvalue weighted by molar-refractivity contribution is -0.145. The zero-order valence-corrected chi connectivity index (χ0v) is 40.5. The molecular formula is C48H62F3N9O8S. The van der Waals surface area contributed by atoms with Crippen LogP contribution < -0.4 is 16.0 Å². The van der Waals surface area contributed by atoms with Crippen molar-refractivity contribution in [3.05, 3.63) is 83.2 Å². The van der Waals surface area contributed by atoms with Gasteiger partial charge in [0.15, 0.2) is 5.69 Å². The minimum atomic E-state index is -4.41. The topological polar surface area (TPSA) is 208 Å². The summed E-state index contributed by atoms with van der Waals surface area (Å²) in [6.45, 7) is 9.75. The summed E-state index contributed by atoms with van der Waals surface area (Å²) < 4.78 is 62.1. The van der Waals surface area contributed by atoms with Crippen LogP contribution in [0.3, 0.4) is 0 Å². The highest BCUT2D eigenvalue weighted by molar-refractivity contribution is 7.13. The molecule has 4 N–H and O–H groups in total. The van der Waals surface area contributed by atoms with Gasteiger partial charge in [0.1, 0.15) is 24.7 Å². The maximum absolute atomic E-state index is 14.0. The number of pyridine rings is 1. The average molecular weight is 982 g/mol. The Bertz CT molecular complexity index is 2440. The number of nitrogens with zero attached hydrogens (tertiary/aromatic N) is 6. The average Bonchev–Trinajstić information content (AvgIpc) is 4.13. The highest BCUT2D eigenvalue weighted by Crippen LogP contribution is 2.34. The van der Waals surface area contributed by atoms with E-state index in [0.717, 1.165) is 34.5 Å². The Morgan fingerprint density at radius 2 is 1.67 bits per heavy atom. The van der Waals surface area contributed by atoms with Crippen LogP contribution in [0.25, 0.3) is 21.9 Å². The van der Waals surface area contributed by atoms with E-state index in [9.17, 15) is 32.7 Å². The van der Waals surface area contributed by atoms with Crippen LogP contribution in [0.15, 0.2) is 65.0 Å². The Morgan fingerprint density at radius 1 is 0.957 bits per heavy atom. The number of β-amino-alcohol motifs (C(OH)–C–C–N with tert-alkyl or cyclic N) is 1. The number of hydrogen-bond donors (Lipinski definition) is 4. The van der Waals surface area contributed by atoms with Gasteiger partial charge >= 0.3 is 6.18 Å². The number of nitrogens with one attached hydrogen (secondary N) is 3. The number of alkyl halides is 3. The van der Waals surface area contributed by atoms with E-state index in [4.69, 9.17) is 18.6 Å². The van der Waals surface area contributed by atoms with Crippen molar-refractivity contribution in [1.82, 2.24) is 34.9 Å². The molecule has 0 spiro atoms. The molecule has 1 aliphatic rings. The molecule has 6 rings (SSSR count). The quantitative estimate of drug-likeness (QED) is 0.0427. The number of ether oxygens (including phenoxy) is 3. The monoisotopic (exact) mass is 981 g/mol. The summed E-state index contributed by atoms with van der Waals surface area (Å²) in [5.41, 5.74) is 5.96. The summed E-state index contributed by atoms with van der Waals surface area (Å²) in [4.78, 5) is 55.5. The third-order valence-electron chi connectivity index (χ3n) is 11.5. The molecule has 4 aromatic heterocycles. The van der Waals surface area contributed by atoms with E-state index in [0.29, 0.717) is 82.4 Å². The molecule has 0 radical (unpaired) electrons. The van der Waals surface area contributed by atoms with E-state index in [1.807, 2.05) is 57.5 Å². The number of carbonyl (C=O) groups is 3. The number of rotatable bonds is 25.